The second-order valence-electron chi connectivity index (χ2n) is 3.20. The number of hydrogen-bond acceptors (Lipinski definition) is 4. The highest BCUT2D eigenvalue weighted by Gasteiger charge is 2.13. The van der Waals surface area contributed by atoms with Crippen LogP contribution in [0.4, 0.5) is 5.82 Å². The molecule has 0 unspecified atom stereocenters. The topological polar surface area (TPSA) is 84.2 Å². The van der Waals surface area contributed by atoms with Crippen molar-refractivity contribution in [3.8, 4) is 22.6 Å². The van der Waals surface area contributed by atoms with E-state index in [1.807, 2.05) is 0 Å². The number of hydrogen-bond donors (Lipinski definition) is 3. The number of halogens is 1. The molecule has 0 saturated heterocycles. The van der Waals surface area contributed by atoms with Gasteiger partial charge in [-0.05, 0) is 6.07 Å². The van der Waals surface area contributed by atoms with Crippen LogP contribution in [0.3, 0.4) is 0 Å². The molecule has 0 amide bonds. The molecule has 0 fully saturated rings. The average Bonchev–Trinajstić information content (AvgIpc) is 2.67. The maximum absolute atomic E-state index is 9.65. The van der Waals surface area contributed by atoms with E-state index in [1.54, 1.807) is 6.20 Å². The Kier molecular flexibility index (Phi) is 2.62. The fourth-order valence-electron chi connectivity index (χ4n) is 1.42. The van der Waals surface area contributed by atoms with Gasteiger partial charge in [0.1, 0.15) is 5.82 Å². The number of aromatic amines is 1. The van der Waals surface area contributed by atoms with Gasteiger partial charge in [-0.1, -0.05) is 11.6 Å². The molecule has 2 aromatic rings. The molecular weight excluding hydrogens is 230 g/mol. The third kappa shape index (κ3) is 1.65. The van der Waals surface area contributed by atoms with Crippen molar-refractivity contribution in [2.24, 2.45) is 0 Å². The molecule has 16 heavy (non-hydrogen) atoms. The van der Waals surface area contributed by atoms with E-state index in [9.17, 15) is 5.11 Å². The van der Waals surface area contributed by atoms with E-state index in [4.69, 9.17) is 22.1 Å². The maximum atomic E-state index is 9.65. The summed E-state index contributed by atoms with van der Waals surface area (Å²) >= 11 is 6.06. The Morgan fingerprint density at radius 3 is 2.75 bits per heavy atom. The van der Waals surface area contributed by atoms with Crippen molar-refractivity contribution in [1.82, 2.24) is 10.2 Å². The molecule has 0 radical (unpaired) electrons. The molecule has 0 bridgehead atoms. The summed E-state index contributed by atoms with van der Waals surface area (Å²) in [5.41, 5.74) is 6.92. The van der Waals surface area contributed by atoms with E-state index >= 15 is 0 Å². The van der Waals surface area contributed by atoms with E-state index < -0.39 is 0 Å². The first-order valence-corrected chi connectivity index (χ1v) is 4.87. The number of phenolic OH excluding ortho intramolecular Hbond substituents is 1. The number of nitrogens with one attached hydrogen (secondary N) is 1. The van der Waals surface area contributed by atoms with Crippen molar-refractivity contribution in [2.75, 3.05) is 12.8 Å². The van der Waals surface area contributed by atoms with Crippen LogP contribution in [-0.4, -0.2) is 22.4 Å². The number of nitrogens with zero attached hydrogens (tertiary/aromatic N) is 1. The van der Waals surface area contributed by atoms with Crippen LogP contribution in [-0.2, 0) is 0 Å². The number of nitrogen functional groups attached to an aromatic ring is 1. The van der Waals surface area contributed by atoms with Crippen molar-refractivity contribution < 1.29 is 9.84 Å². The number of methoxy groups -OCH3 is 1. The Balaban J connectivity index is 2.59. The van der Waals surface area contributed by atoms with Gasteiger partial charge in [0.15, 0.2) is 11.5 Å². The highest BCUT2D eigenvalue weighted by Crippen LogP contribution is 2.38. The summed E-state index contributed by atoms with van der Waals surface area (Å²) in [6.45, 7) is 0. The quantitative estimate of drug-likeness (QED) is 0.749. The SMILES string of the molecule is COc1cc(Cl)c(-c2cn[nH]c2N)cc1O. The van der Waals surface area contributed by atoms with Crippen molar-refractivity contribution in [1.29, 1.82) is 0 Å². The summed E-state index contributed by atoms with van der Waals surface area (Å²) in [4.78, 5) is 0. The number of rotatable bonds is 2. The highest BCUT2D eigenvalue weighted by atomic mass is 35.5. The molecule has 0 saturated carbocycles. The Labute approximate surface area is 96.8 Å². The molecule has 2 rings (SSSR count). The third-order valence-electron chi connectivity index (χ3n) is 2.23. The minimum Gasteiger partial charge on any atom is -0.504 e. The standard InChI is InChI=1S/C10H10ClN3O2/c1-16-9-3-7(11)5(2-8(9)15)6-4-13-14-10(6)12/h2-4,15H,1H3,(H3,12,13,14). The summed E-state index contributed by atoms with van der Waals surface area (Å²) in [6.07, 6.45) is 1.54. The maximum Gasteiger partial charge on any atom is 0.162 e. The minimum atomic E-state index is 0.00231. The molecule has 1 heterocycles. The number of nitrogens with two attached hydrogens (primary N) is 1. The molecule has 0 spiro atoms. The Morgan fingerprint density at radius 1 is 1.44 bits per heavy atom. The molecule has 5 nitrogen and oxygen atoms in total. The molecule has 4 N–H and O–H groups in total. The number of H-pyrrole nitrogens is 1. The van der Waals surface area contributed by atoms with Gasteiger partial charge in [0.05, 0.1) is 18.3 Å². The van der Waals surface area contributed by atoms with Crippen LogP contribution >= 0.6 is 11.6 Å². The molecule has 0 aliphatic heterocycles. The van der Waals surface area contributed by atoms with Gasteiger partial charge in [-0.3, -0.25) is 5.10 Å². The van der Waals surface area contributed by atoms with E-state index in [2.05, 4.69) is 10.2 Å². The number of ether oxygens (including phenoxy) is 1. The van der Waals surface area contributed by atoms with Gasteiger partial charge in [-0.25, -0.2) is 0 Å². The lowest BCUT2D eigenvalue weighted by molar-refractivity contribution is 0.373. The van der Waals surface area contributed by atoms with Gasteiger partial charge >= 0.3 is 0 Å². The monoisotopic (exact) mass is 239 g/mol. The molecule has 84 valence electrons. The van der Waals surface area contributed by atoms with Crippen LogP contribution in [0.1, 0.15) is 0 Å². The average molecular weight is 240 g/mol. The van der Waals surface area contributed by atoms with E-state index in [0.29, 0.717) is 27.7 Å². The van der Waals surface area contributed by atoms with Crippen LogP contribution < -0.4 is 10.5 Å². The Hall–Kier alpha value is -1.88. The molecule has 0 atom stereocenters. The number of aromatic nitrogens is 2. The summed E-state index contributed by atoms with van der Waals surface area (Å²) in [5, 5.41) is 16.5. The molecule has 0 aliphatic rings. The van der Waals surface area contributed by atoms with Crippen molar-refractivity contribution in [3.05, 3.63) is 23.4 Å². The zero-order valence-electron chi connectivity index (χ0n) is 8.49. The number of aromatic hydroxyl groups is 1. The zero-order chi connectivity index (χ0) is 11.7. The summed E-state index contributed by atoms with van der Waals surface area (Å²) in [5.74, 6) is 0.713. The van der Waals surface area contributed by atoms with Gasteiger partial charge in [0, 0.05) is 17.2 Å². The molecule has 1 aromatic carbocycles. The lowest BCUT2D eigenvalue weighted by Crippen LogP contribution is -1.90. The predicted molar refractivity (Wildman–Crippen MR) is 61.7 cm³/mol. The Bertz CT molecular complexity index is 525. The lowest BCUT2D eigenvalue weighted by Gasteiger charge is -2.08. The van der Waals surface area contributed by atoms with Crippen molar-refractivity contribution in [3.63, 3.8) is 0 Å². The first-order chi connectivity index (χ1) is 7.63. The highest BCUT2D eigenvalue weighted by molar-refractivity contribution is 6.33. The third-order valence-corrected chi connectivity index (χ3v) is 2.54. The van der Waals surface area contributed by atoms with Crippen molar-refractivity contribution >= 4 is 17.4 Å². The summed E-state index contributed by atoms with van der Waals surface area (Å²) < 4.78 is 4.94. The summed E-state index contributed by atoms with van der Waals surface area (Å²) in [7, 11) is 1.46. The first kappa shape index (κ1) is 10.6. The second kappa shape index (κ2) is 3.94. The van der Waals surface area contributed by atoms with Crippen LogP contribution in [0.2, 0.25) is 5.02 Å². The van der Waals surface area contributed by atoms with Gasteiger partial charge < -0.3 is 15.6 Å². The van der Waals surface area contributed by atoms with E-state index in [1.165, 1.54) is 19.2 Å². The fraction of sp³-hybridized carbons (Fsp3) is 0.100. The Morgan fingerprint density at radius 2 is 2.19 bits per heavy atom. The second-order valence-corrected chi connectivity index (χ2v) is 3.61. The van der Waals surface area contributed by atoms with Gasteiger partial charge in [0.2, 0.25) is 0 Å². The van der Waals surface area contributed by atoms with E-state index in [0.717, 1.165) is 0 Å². The van der Waals surface area contributed by atoms with E-state index in [-0.39, 0.29) is 5.75 Å². The van der Waals surface area contributed by atoms with Crippen LogP contribution in [0, 0.1) is 0 Å². The van der Waals surface area contributed by atoms with Crippen LogP contribution in [0.15, 0.2) is 18.3 Å². The predicted octanol–water partition coefficient (Wildman–Crippen LogP) is 2.03. The van der Waals surface area contributed by atoms with Crippen molar-refractivity contribution in [2.45, 2.75) is 0 Å². The smallest absolute Gasteiger partial charge is 0.162 e. The molecule has 1 aromatic heterocycles. The van der Waals surface area contributed by atoms with Gasteiger partial charge in [0.25, 0.3) is 0 Å². The first-order valence-electron chi connectivity index (χ1n) is 4.49. The number of anilines is 1. The zero-order valence-corrected chi connectivity index (χ0v) is 9.25. The number of phenols is 1. The van der Waals surface area contributed by atoms with Crippen LogP contribution in [0.5, 0.6) is 11.5 Å². The van der Waals surface area contributed by atoms with Crippen LogP contribution in [0.25, 0.3) is 11.1 Å². The molecule has 6 heteroatoms. The minimum absolute atomic E-state index is 0.00231. The normalized spacial score (nSPS) is 10.4. The summed E-state index contributed by atoms with van der Waals surface area (Å²) in [6, 6.07) is 3.01. The molecule has 0 aliphatic carbocycles. The largest absolute Gasteiger partial charge is 0.504 e. The lowest BCUT2D eigenvalue weighted by atomic mass is 10.1. The fourth-order valence-corrected chi connectivity index (χ4v) is 1.68. The van der Waals surface area contributed by atoms with Gasteiger partial charge in [-0.15, -0.1) is 0 Å². The van der Waals surface area contributed by atoms with Gasteiger partial charge in [-0.2, -0.15) is 5.10 Å². The molecular formula is C10H10ClN3O2. The number of benzene rings is 1.